The van der Waals surface area contributed by atoms with Gasteiger partial charge in [-0.25, -0.2) is 4.39 Å². The molecule has 2 aromatic carbocycles. The summed E-state index contributed by atoms with van der Waals surface area (Å²) in [7, 11) is 0. The minimum absolute atomic E-state index is 0.258. The van der Waals surface area contributed by atoms with Gasteiger partial charge in [0.2, 0.25) is 0 Å². The highest BCUT2D eigenvalue weighted by atomic mass is 79.9. The normalized spacial score (nSPS) is 13.1. The van der Waals surface area contributed by atoms with Crippen LogP contribution < -0.4 is 14.8 Å². The van der Waals surface area contributed by atoms with Crippen molar-refractivity contribution in [2.45, 2.75) is 6.54 Å². The maximum absolute atomic E-state index is 13.4. The molecule has 20 heavy (non-hydrogen) atoms. The van der Waals surface area contributed by atoms with Crippen molar-refractivity contribution >= 4 is 21.6 Å². The number of anilines is 1. The first-order valence-corrected chi connectivity index (χ1v) is 7.10. The van der Waals surface area contributed by atoms with E-state index in [4.69, 9.17) is 9.47 Å². The Balaban J connectivity index is 1.73. The van der Waals surface area contributed by atoms with Crippen molar-refractivity contribution < 1.29 is 13.9 Å². The highest BCUT2D eigenvalue weighted by Gasteiger charge is 2.12. The van der Waals surface area contributed by atoms with Gasteiger partial charge in [0.1, 0.15) is 19.0 Å². The van der Waals surface area contributed by atoms with Crippen LogP contribution in [0.4, 0.5) is 10.1 Å². The molecule has 2 aromatic rings. The van der Waals surface area contributed by atoms with Crippen LogP contribution in [0, 0.1) is 5.82 Å². The van der Waals surface area contributed by atoms with Gasteiger partial charge in [-0.1, -0.05) is 12.1 Å². The summed E-state index contributed by atoms with van der Waals surface area (Å²) in [6.07, 6.45) is 0. The first-order chi connectivity index (χ1) is 9.74. The molecule has 0 fully saturated rings. The van der Waals surface area contributed by atoms with Gasteiger partial charge in [-0.05, 0) is 39.7 Å². The van der Waals surface area contributed by atoms with E-state index in [2.05, 4.69) is 21.2 Å². The number of nitrogens with one attached hydrogen (secondary N) is 1. The molecule has 3 nitrogen and oxygen atoms in total. The van der Waals surface area contributed by atoms with Gasteiger partial charge in [0.15, 0.2) is 11.5 Å². The molecule has 3 rings (SSSR count). The maximum Gasteiger partial charge on any atom is 0.163 e. The molecule has 0 saturated heterocycles. The van der Waals surface area contributed by atoms with Crippen molar-refractivity contribution in [2.75, 3.05) is 18.5 Å². The number of benzene rings is 2. The molecule has 0 unspecified atom stereocenters. The van der Waals surface area contributed by atoms with Gasteiger partial charge in [-0.2, -0.15) is 0 Å². The third-order valence-corrected chi connectivity index (χ3v) is 3.94. The summed E-state index contributed by atoms with van der Waals surface area (Å²) in [5.41, 5.74) is 1.77. The predicted octanol–water partition coefficient (Wildman–Crippen LogP) is 3.97. The molecule has 0 radical (unpaired) electrons. The second-order valence-corrected chi connectivity index (χ2v) is 5.22. The fourth-order valence-corrected chi connectivity index (χ4v) is 2.44. The molecular weight excluding hydrogens is 325 g/mol. The Morgan fingerprint density at radius 3 is 2.75 bits per heavy atom. The Morgan fingerprint density at radius 2 is 1.90 bits per heavy atom. The van der Waals surface area contributed by atoms with E-state index in [1.165, 1.54) is 6.07 Å². The molecule has 0 aromatic heterocycles. The fourth-order valence-electron chi connectivity index (χ4n) is 2.04. The Morgan fingerprint density at radius 1 is 1.10 bits per heavy atom. The quantitative estimate of drug-likeness (QED) is 0.919. The minimum Gasteiger partial charge on any atom is -0.486 e. The van der Waals surface area contributed by atoms with E-state index in [-0.39, 0.29) is 5.82 Å². The van der Waals surface area contributed by atoms with Crippen LogP contribution in [0.15, 0.2) is 40.9 Å². The summed E-state index contributed by atoms with van der Waals surface area (Å²) in [6.45, 7) is 1.67. The van der Waals surface area contributed by atoms with Gasteiger partial charge in [0.25, 0.3) is 0 Å². The van der Waals surface area contributed by atoms with E-state index in [1.807, 2.05) is 24.3 Å². The zero-order valence-corrected chi connectivity index (χ0v) is 12.2. The van der Waals surface area contributed by atoms with E-state index in [9.17, 15) is 4.39 Å². The molecule has 0 spiro atoms. The van der Waals surface area contributed by atoms with Crippen molar-refractivity contribution in [2.24, 2.45) is 0 Å². The molecule has 1 heterocycles. The van der Waals surface area contributed by atoms with Gasteiger partial charge >= 0.3 is 0 Å². The zero-order valence-electron chi connectivity index (χ0n) is 10.7. The average Bonchev–Trinajstić information content (AvgIpc) is 2.48. The van der Waals surface area contributed by atoms with E-state index >= 15 is 0 Å². The molecule has 0 amide bonds. The minimum atomic E-state index is -0.258. The number of rotatable bonds is 3. The Kier molecular flexibility index (Phi) is 3.78. The lowest BCUT2D eigenvalue weighted by Gasteiger charge is -2.19. The van der Waals surface area contributed by atoms with Gasteiger partial charge in [-0.3, -0.25) is 0 Å². The van der Waals surface area contributed by atoms with Crippen LogP contribution >= 0.6 is 15.9 Å². The number of fused-ring (bicyclic) bond motifs is 1. The molecule has 104 valence electrons. The zero-order chi connectivity index (χ0) is 13.9. The number of hydrogen-bond donors (Lipinski definition) is 1. The molecule has 0 aliphatic carbocycles. The van der Waals surface area contributed by atoms with Crippen LogP contribution in [-0.2, 0) is 6.54 Å². The molecule has 0 saturated carbocycles. The van der Waals surface area contributed by atoms with Crippen LogP contribution in [0.2, 0.25) is 0 Å². The average molecular weight is 338 g/mol. The highest BCUT2D eigenvalue weighted by Crippen LogP contribution is 2.33. The highest BCUT2D eigenvalue weighted by molar-refractivity contribution is 9.10. The summed E-state index contributed by atoms with van der Waals surface area (Å²) in [4.78, 5) is 0. The van der Waals surface area contributed by atoms with Crippen molar-refractivity contribution in [3.63, 3.8) is 0 Å². The number of halogens is 2. The van der Waals surface area contributed by atoms with Gasteiger partial charge in [0.05, 0.1) is 4.47 Å². The molecule has 1 aliphatic heterocycles. The molecular formula is C15H13BrFNO2. The largest absolute Gasteiger partial charge is 0.486 e. The SMILES string of the molecule is Fc1cccc(CNc2ccc3c(c2)OCCO3)c1Br. The van der Waals surface area contributed by atoms with Crippen LogP contribution in [-0.4, -0.2) is 13.2 Å². The summed E-state index contributed by atoms with van der Waals surface area (Å²) in [5, 5.41) is 3.25. The summed E-state index contributed by atoms with van der Waals surface area (Å²) < 4.78 is 24.9. The van der Waals surface area contributed by atoms with E-state index in [0.29, 0.717) is 24.2 Å². The third-order valence-electron chi connectivity index (χ3n) is 3.06. The Hall–Kier alpha value is -1.75. The van der Waals surface area contributed by atoms with Crippen LogP contribution in [0.25, 0.3) is 0 Å². The monoisotopic (exact) mass is 337 g/mol. The lowest BCUT2D eigenvalue weighted by molar-refractivity contribution is 0.171. The third kappa shape index (κ3) is 2.72. The fraction of sp³-hybridized carbons (Fsp3) is 0.200. The van der Waals surface area contributed by atoms with E-state index < -0.39 is 0 Å². The van der Waals surface area contributed by atoms with Gasteiger partial charge < -0.3 is 14.8 Å². The second-order valence-electron chi connectivity index (χ2n) is 4.42. The standard InChI is InChI=1S/C15H13BrFNO2/c16-15-10(2-1-3-12(15)17)9-18-11-4-5-13-14(8-11)20-7-6-19-13/h1-5,8,18H,6-7,9H2. The van der Waals surface area contributed by atoms with Crippen LogP contribution in [0.1, 0.15) is 5.56 Å². The number of ether oxygens (including phenoxy) is 2. The molecule has 0 atom stereocenters. The predicted molar refractivity (Wildman–Crippen MR) is 78.9 cm³/mol. The maximum atomic E-state index is 13.4. The smallest absolute Gasteiger partial charge is 0.163 e. The summed E-state index contributed by atoms with van der Waals surface area (Å²) in [5.74, 6) is 1.24. The topological polar surface area (TPSA) is 30.5 Å². The number of hydrogen-bond acceptors (Lipinski definition) is 3. The lowest BCUT2D eigenvalue weighted by Crippen LogP contribution is -2.15. The first-order valence-electron chi connectivity index (χ1n) is 6.30. The molecule has 0 bridgehead atoms. The summed E-state index contributed by atoms with van der Waals surface area (Å²) in [6, 6.07) is 10.7. The van der Waals surface area contributed by atoms with Gasteiger partial charge in [-0.15, -0.1) is 0 Å². The van der Waals surface area contributed by atoms with E-state index in [0.717, 1.165) is 22.7 Å². The second kappa shape index (κ2) is 5.71. The Bertz CT molecular complexity index is 633. The molecule has 1 N–H and O–H groups in total. The van der Waals surface area contributed by atoms with Crippen molar-refractivity contribution in [1.29, 1.82) is 0 Å². The van der Waals surface area contributed by atoms with Crippen molar-refractivity contribution in [3.8, 4) is 11.5 Å². The molecule has 1 aliphatic rings. The van der Waals surface area contributed by atoms with Crippen LogP contribution in [0.3, 0.4) is 0 Å². The summed E-state index contributed by atoms with van der Waals surface area (Å²) >= 11 is 3.25. The first kappa shape index (κ1) is 13.2. The molecule has 5 heteroatoms. The van der Waals surface area contributed by atoms with Crippen LogP contribution in [0.5, 0.6) is 11.5 Å². The van der Waals surface area contributed by atoms with Crippen molar-refractivity contribution in [1.82, 2.24) is 0 Å². The van der Waals surface area contributed by atoms with Crippen molar-refractivity contribution in [3.05, 3.63) is 52.3 Å². The lowest BCUT2D eigenvalue weighted by atomic mass is 10.2. The Labute approximate surface area is 124 Å². The van der Waals surface area contributed by atoms with E-state index in [1.54, 1.807) is 6.07 Å². The van der Waals surface area contributed by atoms with Gasteiger partial charge in [0, 0.05) is 18.3 Å².